The average Bonchev–Trinajstić information content (AvgIpc) is 2.58. The minimum atomic E-state index is 0.537. The van der Waals surface area contributed by atoms with Crippen LogP contribution in [0.4, 0.5) is 11.5 Å². The third kappa shape index (κ3) is 1.78. The van der Waals surface area contributed by atoms with E-state index in [9.17, 15) is 0 Å². The number of nitrogen functional groups attached to an aromatic ring is 1. The topological polar surface area (TPSA) is 59.1 Å². The van der Waals surface area contributed by atoms with Crippen molar-refractivity contribution in [2.24, 2.45) is 13.0 Å². The van der Waals surface area contributed by atoms with Crippen LogP contribution >= 0.6 is 0 Å². The first-order valence-electron chi connectivity index (χ1n) is 6.43. The normalized spacial score (nSPS) is 31.8. The monoisotopic (exact) mass is 235 g/mol. The second kappa shape index (κ2) is 3.91. The SMILES string of the molecule is Cc1nn(C)c(NC2CN3CCC2CC3)c1N. The van der Waals surface area contributed by atoms with Gasteiger partial charge < -0.3 is 16.0 Å². The summed E-state index contributed by atoms with van der Waals surface area (Å²) >= 11 is 0. The maximum atomic E-state index is 6.06. The van der Waals surface area contributed by atoms with Gasteiger partial charge in [-0.2, -0.15) is 5.10 Å². The van der Waals surface area contributed by atoms with Gasteiger partial charge in [-0.25, -0.2) is 0 Å². The molecular formula is C12H21N5. The van der Waals surface area contributed by atoms with Crippen molar-refractivity contribution in [3.05, 3.63) is 5.69 Å². The molecule has 4 rings (SSSR count). The number of anilines is 2. The molecule has 5 heteroatoms. The molecule has 3 N–H and O–H groups in total. The largest absolute Gasteiger partial charge is 0.394 e. The first kappa shape index (κ1) is 10.9. The van der Waals surface area contributed by atoms with Crippen molar-refractivity contribution in [2.75, 3.05) is 30.7 Å². The van der Waals surface area contributed by atoms with Crippen molar-refractivity contribution in [1.82, 2.24) is 14.7 Å². The number of nitrogens with two attached hydrogens (primary N) is 1. The van der Waals surface area contributed by atoms with Gasteiger partial charge in [0.15, 0.2) is 0 Å². The minimum absolute atomic E-state index is 0.537. The molecule has 0 saturated carbocycles. The maximum Gasteiger partial charge on any atom is 0.148 e. The molecule has 3 aliphatic heterocycles. The fourth-order valence-corrected chi connectivity index (χ4v) is 3.15. The summed E-state index contributed by atoms with van der Waals surface area (Å²) < 4.78 is 1.86. The van der Waals surface area contributed by atoms with E-state index in [0.717, 1.165) is 29.7 Å². The van der Waals surface area contributed by atoms with Crippen molar-refractivity contribution in [3.8, 4) is 0 Å². The lowest BCUT2D eigenvalue weighted by Gasteiger charge is -2.45. The molecule has 17 heavy (non-hydrogen) atoms. The Morgan fingerprint density at radius 1 is 1.35 bits per heavy atom. The lowest BCUT2D eigenvalue weighted by atomic mass is 9.84. The Bertz CT molecular complexity index is 417. The summed E-state index contributed by atoms with van der Waals surface area (Å²) in [5.74, 6) is 1.79. The quantitative estimate of drug-likeness (QED) is 0.796. The molecule has 1 unspecified atom stereocenters. The molecular weight excluding hydrogens is 214 g/mol. The van der Waals surface area contributed by atoms with E-state index >= 15 is 0 Å². The Morgan fingerprint density at radius 3 is 2.53 bits per heavy atom. The van der Waals surface area contributed by atoms with Crippen LogP contribution in [0.1, 0.15) is 18.5 Å². The predicted octanol–water partition coefficient (Wildman–Crippen LogP) is 0.817. The average molecular weight is 235 g/mol. The zero-order valence-corrected chi connectivity index (χ0v) is 10.6. The molecule has 2 bridgehead atoms. The van der Waals surface area contributed by atoms with Crippen LogP contribution in [0.3, 0.4) is 0 Å². The molecule has 3 aliphatic rings. The summed E-state index contributed by atoms with van der Waals surface area (Å²) in [4.78, 5) is 2.54. The highest BCUT2D eigenvalue weighted by Crippen LogP contribution is 2.31. The first-order chi connectivity index (χ1) is 8.15. The number of piperidine rings is 3. The van der Waals surface area contributed by atoms with Gasteiger partial charge in [0, 0.05) is 19.6 Å². The summed E-state index contributed by atoms with van der Waals surface area (Å²) in [6.45, 7) is 5.64. The predicted molar refractivity (Wildman–Crippen MR) is 68.9 cm³/mol. The second-order valence-corrected chi connectivity index (χ2v) is 5.36. The summed E-state index contributed by atoms with van der Waals surface area (Å²) in [5.41, 5.74) is 7.77. The van der Waals surface area contributed by atoms with Gasteiger partial charge in [-0.1, -0.05) is 0 Å². The van der Waals surface area contributed by atoms with Crippen molar-refractivity contribution in [3.63, 3.8) is 0 Å². The number of aromatic nitrogens is 2. The number of nitrogens with zero attached hydrogens (tertiary/aromatic N) is 3. The van der Waals surface area contributed by atoms with E-state index in [4.69, 9.17) is 5.73 Å². The van der Waals surface area contributed by atoms with E-state index in [-0.39, 0.29) is 0 Å². The summed E-state index contributed by atoms with van der Waals surface area (Å²) in [6, 6.07) is 0.537. The van der Waals surface area contributed by atoms with Crippen LogP contribution < -0.4 is 11.1 Å². The molecule has 0 radical (unpaired) electrons. The standard InChI is InChI=1S/C12H21N5/c1-8-11(13)12(16(2)15-8)14-10-7-17-5-3-9(10)4-6-17/h9-10,14H,3-7,13H2,1-2H3. The smallest absolute Gasteiger partial charge is 0.148 e. The molecule has 0 amide bonds. The van der Waals surface area contributed by atoms with E-state index < -0.39 is 0 Å². The van der Waals surface area contributed by atoms with Crippen LogP contribution in [0, 0.1) is 12.8 Å². The molecule has 3 fully saturated rings. The summed E-state index contributed by atoms with van der Waals surface area (Å²) in [5, 5.41) is 7.96. The second-order valence-electron chi connectivity index (χ2n) is 5.36. The van der Waals surface area contributed by atoms with Gasteiger partial charge in [-0.05, 0) is 38.8 Å². The highest BCUT2D eigenvalue weighted by Gasteiger charge is 2.34. The Hall–Kier alpha value is -1.23. The fraction of sp³-hybridized carbons (Fsp3) is 0.750. The highest BCUT2D eigenvalue weighted by atomic mass is 15.3. The van der Waals surface area contributed by atoms with E-state index in [0.29, 0.717) is 6.04 Å². The van der Waals surface area contributed by atoms with E-state index in [1.807, 2.05) is 18.7 Å². The Labute approximate surface area is 102 Å². The minimum Gasteiger partial charge on any atom is -0.394 e. The van der Waals surface area contributed by atoms with Gasteiger partial charge in [-0.15, -0.1) is 0 Å². The van der Waals surface area contributed by atoms with Gasteiger partial charge in [0.05, 0.1) is 11.4 Å². The van der Waals surface area contributed by atoms with Crippen molar-refractivity contribution >= 4 is 11.5 Å². The van der Waals surface area contributed by atoms with Crippen molar-refractivity contribution < 1.29 is 0 Å². The lowest BCUT2D eigenvalue weighted by Crippen LogP contribution is -2.53. The molecule has 5 nitrogen and oxygen atoms in total. The molecule has 1 aromatic heterocycles. The number of hydrogen-bond donors (Lipinski definition) is 2. The van der Waals surface area contributed by atoms with Gasteiger partial charge in [0.1, 0.15) is 5.82 Å². The van der Waals surface area contributed by atoms with E-state index in [1.54, 1.807) is 0 Å². The lowest BCUT2D eigenvalue weighted by molar-refractivity contribution is 0.0972. The molecule has 1 atom stereocenters. The Balaban J connectivity index is 1.78. The van der Waals surface area contributed by atoms with Crippen LogP contribution in [0.5, 0.6) is 0 Å². The molecule has 3 saturated heterocycles. The molecule has 0 aromatic carbocycles. The van der Waals surface area contributed by atoms with E-state index in [1.165, 1.54) is 25.9 Å². The number of hydrogen-bond acceptors (Lipinski definition) is 4. The van der Waals surface area contributed by atoms with E-state index in [2.05, 4.69) is 15.3 Å². The number of aryl methyl sites for hydroxylation is 2. The molecule has 1 aromatic rings. The molecule has 0 spiro atoms. The van der Waals surface area contributed by atoms with Crippen LogP contribution in [0.2, 0.25) is 0 Å². The van der Waals surface area contributed by atoms with Crippen LogP contribution in [-0.4, -0.2) is 40.4 Å². The number of rotatable bonds is 2. The summed E-state index contributed by atoms with van der Waals surface area (Å²) in [7, 11) is 1.95. The van der Waals surface area contributed by atoms with Gasteiger partial charge in [0.2, 0.25) is 0 Å². The number of fused-ring (bicyclic) bond motifs is 3. The van der Waals surface area contributed by atoms with Gasteiger partial charge >= 0.3 is 0 Å². The summed E-state index contributed by atoms with van der Waals surface area (Å²) in [6.07, 6.45) is 2.63. The first-order valence-corrected chi connectivity index (χ1v) is 6.43. The van der Waals surface area contributed by atoms with Crippen molar-refractivity contribution in [1.29, 1.82) is 0 Å². The number of nitrogens with one attached hydrogen (secondary N) is 1. The fourth-order valence-electron chi connectivity index (χ4n) is 3.15. The molecule has 0 aliphatic carbocycles. The van der Waals surface area contributed by atoms with Crippen molar-refractivity contribution in [2.45, 2.75) is 25.8 Å². The molecule has 94 valence electrons. The Kier molecular flexibility index (Phi) is 2.50. The third-order valence-electron chi connectivity index (χ3n) is 4.25. The van der Waals surface area contributed by atoms with Crippen LogP contribution in [-0.2, 0) is 7.05 Å². The zero-order chi connectivity index (χ0) is 12.0. The van der Waals surface area contributed by atoms with Crippen LogP contribution in [0.25, 0.3) is 0 Å². The van der Waals surface area contributed by atoms with Gasteiger partial charge in [-0.3, -0.25) is 4.68 Å². The third-order valence-corrected chi connectivity index (χ3v) is 4.25. The Morgan fingerprint density at radius 2 is 2.06 bits per heavy atom. The maximum absolute atomic E-state index is 6.06. The van der Waals surface area contributed by atoms with Gasteiger partial charge in [0.25, 0.3) is 0 Å². The van der Waals surface area contributed by atoms with Crippen LogP contribution in [0.15, 0.2) is 0 Å². The highest BCUT2D eigenvalue weighted by molar-refractivity contribution is 5.65. The molecule has 4 heterocycles. The zero-order valence-electron chi connectivity index (χ0n) is 10.6.